The Morgan fingerprint density at radius 2 is 2.07 bits per heavy atom. The zero-order chi connectivity index (χ0) is 21.5. The lowest BCUT2D eigenvalue weighted by Crippen LogP contribution is -2.39. The highest BCUT2D eigenvalue weighted by Gasteiger charge is 2.16. The first kappa shape index (κ1) is 21.9. The molecule has 1 atom stereocenters. The van der Waals surface area contributed by atoms with Crippen molar-refractivity contribution in [3.8, 4) is 0 Å². The van der Waals surface area contributed by atoms with E-state index in [9.17, 15) is 0 Å². The van der Waals surface area contributed by atoms with Gasteiger partial charge in [0.1, 0.15) is 0 Å². The highest BCUT2D eigenvalue weighted by atomic mass is 15.2. The zero-order valence-corrected chi connectivity index (χ0v) is 18.9. The maximum absolute atomic E-state index is 4.84. The van der Waals surface area contributed by atoms with Crippen LogP contribution in [0.1, 0.15) is 36.6 Å². The van der Waals surface area contributed by atoms with Gasteiger partial charge in [0.15, 0.2) is 5.96 Å². The molecule has 2 heterocycles. The van der Waals surface area contributed by atoms with Crippen molar-refractivity contribution in [1.82, 2.24) is 30.3 Å². The number of aromatic amines is 1. The highest BCUT2D eigenvalue weighted by Crippen LogP contribution is 2.22. The number of para-hydroxylation sites is 1. The standard InChI is InChI=1S/C23H35N7/c1-6-17-9-8-10-20-18(13-26-22(17)20)11-12-25-23(24-7-2)27-15-21(29(3)4)19-14-28-30(5)16-19/h8-10,13-14,16,21,26H,6-7,11-12,15H2,1-5H3,(H2,24,25,27). The smallest absolute Gasteiger partial charge is 0.191 e. The molecule has 1 aromatic carbocycles. The summed E-state index contributed by atoms with van der Waals surface area (Å²) in [5.41, 5.74) is 5.14. The van der Waals surface area contributed by atoms with E-state index < -0.39 is 0 Å². The average Bonchev–Trinajstić information content (AvgIpc) is 3.34. The van der Waals surface area contributed by atoms with Crippen molar-refractivity contribution in [2.45, 2.75) is 32.7 Å². The van der Waals surface area contributed by atoms with Crippen molar-refractivity contribution in [3.63, 3.8) is 0 Å². The molecule has 0 fully saturated rings. The third kappa shape index (κ3) is 5.21. The molecule has 2 aromatic heterocycles. The first-order valence-corrected chi connectivity index (χ1v) is 10.8. The third-order valence-electron chi connectivity index (χ3n) is 5.45. The van der Waals surface area contributed by atoms with Crippen LogP contribution in [0.2, 0.25) is 0 Å². The molecule has 7 nitrogen and oxygen atoms in total. The fraction of sp³-hybridized carbons (Fsp3) is 0.478. The van der Waals surface area contributed by atoms with Crippen LogP contribution >= 0.6 is 0 Å². The summed E-state index contributed by atoms with van der Waals surface area (Å²) in [5, 5.41) is 12.5. The Labute approximate surface area is 179 Å². The summed E-state index contributed by atoms with van der Waals surface area (Å²) in [6, 6.07) is 6.74. The molecule has 0 bridgehead atoms. The number of fused-ring (bicyclic) bond motifs is 1. The minimum atomic E-state index is 0.190. The quantitative estimate of drug-likeness (QED) is 0.375. The average molecular weight is 410 g/mol. The number of hydrogen-bond donors (Lipinski definition) is 3. The number of hydrogen-bond acceptors (Lipinski definition) is 3. The van der Waals surface area contributed by atoms with Gasteiger partial charge in [0.2, 0.25) is 0 Å². The summed E-state index contributed by atoms with van der Waals surface area (Å²) in [6.45, 7) is 6.62. The second-order valence-corrected chi connectivity index (χ2v) is 7.83. The number of rotatable bonds is 9. The number of aryl methyl sites for hydroxylation is 2. The largest absolute Gasteiger partial charge is 0.361 e. The fourth-order valence-corrected chi connectivity index (χ4v) is 3.79. The molecule has 0 saturated carbocycles. The molecule has 0 amide bonds. The van der Waals surface area contributed by atoms with Gasteiger partial charge < -0.3 is 20.5 Å². The molecule has 7 heteroatoms. The van der Waals surface area contributed by atoms with Crippen molar-refractivity contribution >= 4 is 16.9 Å². The first-order valence-electron chi connectivity index (χ1n) is 10.8. The van der Waals surface area contributed by atoms with Gasteiger partial charge in [-0.2, -0.15) is 5.10 Å². The van der Waals surface area contributed by atoms with Crippen molar-refractivity contribution in [2.75, 3.05) is 33.7 Å². The predicted molar refractivity (Wildman–Crippen MR) is 125 cm³/mol. The van der Waals surface area contributed by atoms with E-state index in [1.165, 1.54) is 27.6 Å². The number of nitrogens with zero attached hydrogens (tertiary/aromatic N) is 4. The van der Waals surface area contributed by atoms with Crippen LogP contribution in [-0.2, 0) is 19.9 Å². The minimum absolute atomic E-state index is 0.190. The number of benzene rings is 1. The Kier molecular flexibility index (Phi) is 7.52. The van der Waals surface area contributed by atoms with Gasteiger partial charge in [-0.25, -0.2) is 0 Å². The van der Waals surface area contributed by atoms with Crippen LogP contribution in [0, 0.1) is 0 Å². The Morgan fingerprint density at radius 3 is 2.73 bits per heavy atom. The van der Waals surface area contributed by atoms with Crippen LogP contribution in [0.4, 0.5) is 0 Å². The Hall–Kier alpha value is -2.80. The molecule has 0 aliphatic rings. The molecule has 3 aromatic rings. The van der Waals surface area contributed by atoms with E-state index in [1.807, 2.05) is 17.9 Å². The Balaban J connectivity index is 1.64. The fourth-order valence-electron chi connectivity index (χ4n) is 3.79. The van der Waals surface area contributed by atoms with Gasteiger partial charge in [0.05, 0.1) is 18.8 Å². The van der Waals surface area contributed by atoms with Gasteiger partial charge >= 0.3 is 0 Å². The Morgan fingerprint density at radius 1 is 1.23 bits per heavy atom. The molecule has 0 spiro atoms. The molecule has 0 radical (unpaired) electrons. The van der Waals surface area contributed by atoms with Crippen LogP contribution in [-0.4, -0.2) is 59.4 Å². The van der Waals surface area contributed by atoms with E-state index in [4.69, 9.17) is 4.99 Å². The summed E-state index contributed by atoms with van der Waals surface area (Å²) in [4.78, 5) is 10.5. The zero-order valence-electron chi connectivity index (χ0n) is 18.9. The summed E-state index contributed by atoms with van der Waals surface area (Å²) in [7, 11) is 6.10. The number of guanidine groups is 1. The van der Waals surface area contributed by atoms with Crippen LogP contribution in [0.25, 0.3) is 10.9 Å². The number of aliphatic imine (C=N–C) groups is 1. The normalized spacial score (nSPS) is 13.2. The van der Waals surface area contributed by atoms with Gasteiger partial charge in [-0.15, -0.1) is 0 Å². The van der Waals surface area contributed by atoms with Crippen molar-refractivity contribution in [2.24, 2.45) is 12.0 Å². The van der Waals surface area contributed by atoms with Crippen LogP contribution in [0.5, 0.6) is 0 Å². The molecule has 0 saturated heterocycles. The van der Waals surface area contributed by atoms with Gasteiger partial charge in [-0.1, -0.05) is 25.1 Å². The molecule has 162 valence electrons. The number of aromatic nitrogens is 3. The van der Waals surface area contributed by atoms with Crippen molar-refractivity contribution < 1.29 is 0 Å². The van der Waals surface area contributed by atoms with Crippen molar-refractivity contribution in [3.05, 3.63) is 53.5 Å². The van der Waals surface area contributed by atoms with Gasteiger partial charge in [-0.05, 0) is 45.0 Å². The van der Waals surface area contributed by atoms with Gasteiger partial charge in [0.25, 0.3) is 0 Å². The third-order valence-corrected chi connectivity index (χ3v) is 5.45. The number of likely N-dealkylation sites (N-methyl/N-ethyl adjacent to an activating group) is 1. The summed E-state index contributed by atoms with van der Waals surface area (Å²) < 4.78 is 1.84. The molecular weight excluding hydrogens is 374 g/mol. The van der Waals surface area contributed by atoms with E-state index in [1.54, 1.807) is 0 Å². The van der Waals surface area contributed by atoms with E-state index >= 15 is 0 Å². The first-order chi connectivity index (χ1) is 14.5. The van der Waals surface area contributed by atoms with E-state index in [0.29, 0.717) is 6.54 Å². The topological polar surface area (TPSA) is 73.3 Å². The predicted octanol–water partition coefficient (Wildman–Crippen LogP) is 2.86. The molecule has 30 heavy (non-hydrogen) atoms. The van der Waals surface area contributed by atoms with Crippen LogP contribution in [0.15, 0.2) is 41.8 Å². The molecule has 0 aliphatic heterocycles. The molecule has 3 rings (SSSR count). The summed E-state index contributed by atoms with van der Waals surface area (Å²) >= 11 is 0. The summed E-state index contributed by atoms with van der Waals surface area (Å²) in [5.74, 6) is 0.849. The second-order valence-electron chi connectivity index (χ2n) is 7.83. The summed E-state index contributed by atoms with van der Waals surface area (Å²) in [6.07, 6.45) is 8.10. The van der Waals surface area contributed by atoms with E-state index in [0.717, 1.165) is 31.9 Å². The maximum atomic E-state index is 4.84. The van der Waals surface area contributed by atoms with Crippen LogP contribution < -0.4 is 10.6 Å². The van der Waals surface area contributed by atoms with Gasteiger partial charge in [-0.3, -0.25) is 9.67 Å². The lowest BCUT2D eigenvalue weighted by Gasteiger charge is -2.22. The van der Waals surface area contributed by atoms with Crippen LogP contribution in [0.3, 0.4) is 0 Å². The van der Waals surface area contributed by atoms with E-state index in [2.05, 4.69) is 84.2 Å². The Bertz CT molecular complexity index is 967. The second kappa shape index (κ2) is 10.3. The lowest BCUT2D eigenvalue weighted by atomic mass is 10.1. The minimum Gasteiger partial charge on any atom is -0.361 e. The SMILES string of the molecule is CCNC(=NCC(c1cnn(C)c1)N(C)C)NCCc1c[nH]c2c(CC)cccc12. The molecule has 3 N–H and O–H groups in total. The highest BCUT2D eigenvalue weighted by molar-refractivity contribution is 5.86. The number of H-pyrrole nitrogens is 1. The monoisotopic (exact) mass is 409 g/mol. The molecule has 1 unspecified atom stereocenters. The maximum Gasteiger partial charge on any atom is 0.191 e. The number of nitrogens with one attached hydrogen (secondary N) is 3. The van der Waals surface area contributed by atoms with E-state index in [-0.39, 0.29) is 6.04 Å². The van der Waals surface area contributed by atoms with Crippen molar-refractivity contribution in [1.29, 1.82) is 0 Å². The molecular formula is C23H35N7. The van der Waals surface area contributed by atoms with Gasteiger partial charge in [0, 0.05) is 49.0 Å². The molecule has 0 aliphatic carbocycles. The lowest BCUT2D eigenvalue weighted by molar-refractivity contribution is 0.306.